The van der Waals surface area contributed by atoms with Crippen molar-refractivity contribution in [1.82, 2.24) is 0 Å². The lowest BCUT2D eigenvalue weighted by Gasteiger charge is -2.25. The van der Waals surface area contributed by atoms with Gasteiger partial charge >= 0.3 is 11.9 Å². The monoisotopic (exact) mass is 438 g/mol. The number of unbranched alkanes of at least 4 members (excludes halogenated alkanes) is 14. The van der Waals surface area contributed by atoms with E-state index in [1.54, 1.807) is 6.92 Å². The molecule has 0 spiro atoms. The van der Waals surface area contributed by atoms with Gasteiger partial charge in [-0.25, -0.2) is 0 Å². The maximum absolute atomic E-state index is 11.8. The molecule has 0 fully saturated rings. The Hall–Kier alpha value is -1.65. The van der Waals surface area contributed by atoms with Gasteiger partial charge in [-0.1, -0.05) is 89.5 Å². The molecule has 0 aromatic heterocycles. The normalized spacial score (nSPS) is 11.4. The fourth-order valence-corrected chi connectivity index (χ4v) is 4.10. The predicted molar refractivity (Wildman–Crippen MR) is 126 cm³/mol. The van der Waals surface area contributed by atoms with E-state index in [1.807, 2.05) is 6.08 Å². The van der Waals surface area contributed by atoms with Gasteiger partial charge in [-0.05, 0) is 39.0 Å². The molecule has 0 aromatic carbocycles. The summed E-state index contributed by atoms with van der Waals surface area (Å²) in [4.78, 5) is 34.6. The Morgan fingerprint density at radius 2 is 1.00 bits per heavy atom. The molecule has 0 saturated heterocycles. The second kappa shape index (κ2) is 19.1. The van der Waals surface area contributed by atoms with Gasteiger partial charge in [0.1, 0.15) is 5.78 Å². The second-order valence-corrected chi connectivity index (χ2v) is 9.03. The summed E-state index contributed by atoms with van der Waals surface area (Å²) in [7, 11) is 0. The van der Waals surface area contributed by atoms with E-state index in [0.29, 0.717) is 19.3 Å². The number of ketones is 1. The van der Waals surface area contributed by atoms with Gasteiger partial charge in [0.05, 0.1) is 0 Å². The summed E-state index contributed by atoms with van der Waals surface area (Å²) < 4.78 is 0. The Morgan fingerprint density at radius 1 is 0.645 bits per heavy atom. The van der Waals surface area contributed by atoms with Crippen molar-refractivity contribution in [2.24, 2.45) is 5.41 Å². The van der Waals surface area contributed by atoms with Gasteiger partial charge in [0.15, 0.2) is 5.41 Å². The first-order chi connectivity index (χ1) is 14.9. The fourth-order valence-electron chi connectivity index (χ4n) is 4.10. The minimum Gasteiger partial charge on any atom is -0.480 e. The van der Waals surface area contributed by atoms with Crippen LogP contribution in [0.1, 0.15) is 129 Å². The lowest BCUT2D eigenvalue weighted by molar-refractivity contribution is -0.166. The van der Waals surface area contributed by atoms with Gasteiger partial charge in [0, 0.05) is 6.42 Å². The molecule has 0 heterocycles. The van der Waals surface area contributed by atoms with Gasteiger partial charge in [-0.15, -0.1) is 6.58 Å². The van der Waals surface area contributed by atoms with Gasteiger partial charge < -0.3 is 15.0 Å². The zero-order valence-corrected chi connectivity index (χ0v) is 19.8. The SMILES string of the molecule is C=CCCCCCCCCCC(CCCCCCCCCCC(C)=O)(C(=O)O)C(=O)O. The van der Waals surface area contributed by atoms with E-state index in [0.717, 1.165) is 70.6 Å². The number of carboxylic acids is 2. The van der Waals surface area contributed by atoms with Crippen molar-refractivity contribution in [3.63, 3.8) is 0 Å². The molecule has 0 bridgehead atoms. The molecule has 5 nitrogen and oxygen atoms in total. The van der Waals surface area contributed by atoms with Crippen molar-refractivity contribution in [3.8, 4) is 0 Å². The molecule has 180 valence electrons. The predicted octanol–water partition coefficient (Wildman–Crippen LogP) is 7.33. The van der Waals surface area contributed by atoms with Crippen LogP contribution in [-0.2, 0) is 14.4 Å². The first-order valence-corrected chi connectivity index (χ1v) is 12.4. The fraction of sp³-hybridized carbons (Fsp3) is 0.808. The lowest BCUT2D eigenvalue weighted by atomic mass is 9.78. The highest BCUT2D eigenvalue weighted by Gasteiger charge is 2.45. The molecule has 0 aliphatic rings. The minimum atomic E-state index is -1.63. The largest absolute Gasteiger partial charge is 0.480 e. The maximum atomic E-state index is 11.8. The molecule has 0 aliphatic heterocycles. The van der Waals surface area contributed by atoms with Crippen LogP contribution in [0.3, 0.4) is 0 Å². The van der Waals surface area contributed by atoms with Crippen molar-refractivity contribution < 1.29 is 24.6 Å². The van der Waals surface area contributed by atoms with Crippen LogP contribution in [0, 0.1) is 5.41 Å². The van der Waals surface area contributed by atoms with Crippen LogP contribution in [0.4, 0.5) is 0 Å². The third-order valence-corrected chi connectivity index (χ3v) is 6.21. The number of carboxylic acid groups (broad SMARTS) is 2. The van der Waals surface area contributed by atoms with Gasteiger partial charge in [0.2, 0.25) is 0 Å². The quantitative estimate of drug-likeness (QED) is 0.0989. The van der Waals surface area contributed by atoms with Crippen LogP contribution >= 0.6 is 0 Å². The molecule has 0 rings (SSSR count). The molecule has 0 saturated carbocycles. The lowest BCUT2D eigenvalue weighted by Crippen LogP contribution is -2.39. The Morgan fingerprint density at radius 3 is 1.35 bits per heavy atom. The van der Waals surface area contributed by atoms with Crippen LogP contribution < -0.4 is 0 Å². The summed E-state index contributed by atoms with van der Waals surface area (Å²) in [6.07, 6.45) is 19.3. The number of carbonyl (C=O) groups is 3. The summed E-state index contributed by atoms with van der Waals surface area (Å²) in [5, 5.41) is 19.3. The number of carbonyl (C=O) groups excluding carboxylic acids is 1. The van der Waals surface area contributed by atoms with Crippen LogP contribution in [0.25, 0.3) is 0 Å². The molecule has 5 heteroatoms. The molecule has 2 N–H and O–H groups in total. The number of allylic oxidation sites excluding steroid dienone is 1. The Bertz CT molecular complexity index is 498. The Kier molecular flexibility index (Phi) is 18.1. The molecule has 0 amide bonds. The minimum absolute atomic E-state index is 0.220. The molecule has 0 atom stereocenters. The average Bonchev–Trinajstić information content (AvgIpc) is 2.71. The molecule has 0 radical (unpaired) electrons. The molecule has 31 heavy (non-hydrogen) atoms. The molecular weight excluding hydrogens is 392 g/mol. The molecule has 0 aliphatic carbocycles. The second-order valence-electron chi connectivity index (χ2n) is 9.03. The van der Waals surface area contributed by atoms with Gasteiger partial charge in [-0.2, -0.15) is 0 Å². The van der Waals surface area contributed by atoms with Crippen molar-refractivity contribution in [2.75, 3.05) is 0 Å². The summed E-state index contributed by atoms with van der Waals surface area (Å²) in [5.74, 6) is -2.12. The van der Waals surface area contributed by atoms with E-state index in [9.17, 15) is 24.6 Å². The highest BCUT2D eigenvalue weighted by Crippen LogP contribution is 2.33. The van der Waals surface area contributed by atoms with Crippen molar-refractivity contribution in [1.29, 1.82) is 0 Å². The van der Waals surface area contributed by atoms with E-state index < -0.39 is 17.4 Å². The van der Waals surface area contributed by atoms with E-state index in [2.05, 4.69) is 6.58 Å². The van der Waals surface area contributed by atoms with Crippen LogP contribution in [-0.4, -0.2) is 27.9 Å². The van der Waals surface area contributed by atoms with Crippen LogP contribution in [0.15, 0.2) is 12.7 Å². The summed E-state index contributed by atoms with van der Waals surface area (Å²) in [6.45, 7) is 5.35. The first-order valence-electron chi connectivity index (χ1n) is 12.4. The molecule has 0 aromatic rings. The zero-order valence-electron chi connectivity index (χ0n) is 19.8. The standard InChI is InChI=1S/C26H46O5/c1-3-4-5-6-7-9-12-15-18-21-26(24(28)29,25(30)31)22-19-16-13-10-8-11-14-17-20-23(2)27/h3H,1,4-22H2,2H3,(H,28,29)(H,30,31). The molecule has 0 unspecified atom stereocenters. The smallest absolute Gasteiger partial charge is 0.321 e. The van der Waals surface area contributed by atoms with Crippen molar-refractivity contribution >= 4 is 17.7 Å². The number of Topliss-reactive ketones (excluding diaryl/α,β-unsaturated/α-hetero) is 1. The van der Waals surface area contributed by atoms with Crippen molar-refractivity contribution in [2.45, 2.75) is 129 Å². The Labute approximate surface area is 189 Å². The topological polar surface area (TPSA) is 91.7 Å². The molecular formula is C26H46O5. The highest BCUT2D eigenvalue weighted by molar-refractivity contribution is 5.98. The Balaban J connectivity index is 4.05. The number of hydrogen-bond acceptors (Lipinski definition) is 3. The summed E-state index contributed by atoms with van der Waals surface area (Å²) in [6, 6.07) is 0. The van der Waals surface area contributed by atoms with Crippen molar-refractivity contribution in [3.05, 3.63) is 12.7 Å². The van der Waals surface area contributed by atoms with E-state index >= 15 is 0 Å². The van der Waals surface area contributed by atoms with E-state index in [-0.39, 0.29) is 18.6 Å². The zero-order chi connectivity index (χ0) is 23.4. The van der Waals surface area contributed by atoms with Crippen LogP contribution in [0.2, 0.25) is 0 Å². The maximum Gasteiger partial charge on any atom is 0.321 e. The first kappa shape index (κ1) is 29.4. The van der Waals surface area contributed by atoms with E-state index in [4.69, 9.17) is 0 Å². The van der Waals surface area contributed by atoms with Crippen LogP contribution in [0.5, 0.6) is 0 Å². The number of hydrogen-bond donors (Lipinski definition) is 2. The van der Waals surface area contributed by atoms with Gasteiger partial charge in [-0.3, -0.25) is 9.59 Å². The van der Waals surface area contributed by atoms with Gasteiger partial charge in [0.25, 0.3) is 0 Å². The number of rotatable bonds is 23. The average molecular weight is 439 g/mol. The number of aliphatic carboxylic acids is 2. The summed E-state index contributed by atoms with van der Waals surface area (Å²) in [5.41, 5.74) is -1.63. The summed E-state index contributed by atoms with van der Waals surface area (Å²) >= 11 is 0. The third-order valence-electron chi connectivity index (χ3n) is 6.21. The third kappa shape index (κ3) is 14.9. The highest BCUT2D eigenvalue weighted by atomic mass is 16.4. The van der Waals surface area contributed by atoms with E-state index in [1.165, 1.54) is 19.3 Å².